The van der Waals surface area contributed by atoms with Crippen LogP contribution in [0.15, 0.2) is 61.1 Å². The summed E-state index contributed by atoms with van der Waals surface area (Å²) in [4.78, 5) is 17.0. The lowest BCUT2D eigenvalue weighted by molar-refractivity contribution is -0.119. The third-order valence-electron chi connectivity index (χ3n) is 4.16. The number of carbonyl (C=O) groups excluding carboxylic acids is 1. The number of pyridine rings is 1. The van der Waals surface area contributed by atoms with Crippen LogP contribution in [-0.4, -0.2) is 31.1 Å². The maximum atomic E-state index is 13.0. The Morgan fingerprint density at radius 1 is 1.27 bits per heavy atom. The van der Waals surface area contributed by atoms with Crippen molar-refractivity contribution in [3.05, 3.63) is 71.7 Å². The lowest BCUT2D eigenvalue weighted by Gasteiger charge is -2.33. The molecule has 0 aliphatic carbocycles. The highest BCUT2D eigenvalue weighted by Crippen LogP contribution is 2.39. The van der Waals surface area contributed by atoms with E-state index in [9.17, 15) is 4.79 Å². The van der Waals surface area contributed by atoms with Crippen LogP contribution in [0, 0.1) is 5.92 Å². The average molecular weight is 368 g/mol. The predicted molar refractivity (Wildman–Crippen MR) is 96.5 cm³/mol. The smallest absolute Gasteiger partial charge is 0.247 e. The zero-order chi connectivity index (χ0) is 18.1. The molecule has 1 amide bonds. The van der Waals surface area contributed by atoms with Gasteiger partial charge in [0.1, 0.15) is 12.0 Å². The molecule has 3 heterocycles. The standard InChI is InChI=1S/C17H14ClN7O/c1-10-14(16(26)21-11-5-4-8-19-9-11)15(12-6-2-3-7-13(12)18)25-17(20-10)22-23-24-25/h2-9,14-15H,1H2,(H,21,26)(H,20,22,24). The van der Waals surface area contributed by atoms with Crippen molar-refractivity contribution >= 4 is 29.1 Å². The van der Waals surface area contributed by atoms with Gasteiger partial charge < -0.3 is 10.6 Å². The quantitative estimate of drug-likeness (QED) is 0.738. The molecule has 2 N–H and O–H groups in total. The largest absolute Gasteiger partial charge is 0.326 e. The monoisotopic (exact) mass is 367 g/mol. The van der Waals surface area contributed by atoms with Gasteiger partial charge in [0, 0.05) is 16.9 Å². The minimum Gasteiger partial charge on any atom is -0.326 e. The summed E-state index contributed by atoms with van der Waals surface area (Å²) in [7, 11) is 0. The van der Waals surface area contributed by atoms with E-state index in [2.05, 4.69) is 37.7 Å². The van der Waals surface area contributed by atoms with E-state index in [1.165, 1.54) is 0 Å². The third-order valence-corrected chi connectivity index (χ3v) is 4.50. The molecule has 2 atom stereocenters. The van der Waals surface area contributed by atoms with Crippen LogP contribution < -0.4 is 10.6 Å². The maximum absolute atomic E-state index is 13.0. The van der Waals surface area contributed by atoms with E-state index >= 15 is 0 Å². The average Bonchev–Trinajstić information content (AvgIpc) is 3.10. The molecule has 0 spiro atoms. The van der Waals surface area contributed by atoms with Crippen molar-refractivity contribution in [1.29, 1.82) is 0 Å². The van der Waals surface area contributed by atoms with Crippen LogP contribution >= 0.6 is 11.6 Å². The first kappa shape index (κ1) is 16.2. The van der Waals surface area contributed by atoms with Crippen molar-refractivity contribution < 1.29 is 4.79 Å². The van der Waals surface area contributed by atoms with Gasteiger partial charge in [-0.3, -0.25) is 9.78 Å². The van der Waals surface area contributed by atoms with Crippen LogP contribution in [0.2, 0.25) is 5.02 Å². The molecule has 0 fully saturated rings. The minimum atomic E-state index is -0.675. The Bertz CT molecular complexity index is 972. The summed E-state index contributed by atoms with van der Waals surface area (Å²) in [6, 6.07) is 10.3. The van der Waals surface area contributed by atoms with Crippen molar-refractivity contribution in [3.63, 3.8) is 0 Å². The highest BCUT2D eigenvalue weighted by atomic mass is 35.5. The topological polar surface area (TPSA) is 97.6 Å². The molecule has 0 bridgehead atoms. The molecule has 0 saturated carbocycles. The number of fused-ring (bicyclic) bond motifs is 1. The van der Waals surface area contributed by atoms with Crippen molar-refractivity contribution in [2.45, 2.75) is 6.04 Å². The van der Waals surface area contributed by atoms with E-state index in [-0.39, 0.29) is 5.91 Å². The number of carbonyl (C=O) groups is 1. The van der Waals surface area contributed by atoms with Crippen LogP contribution in [0.1, 0.15) is 11.6 Å². The van der Waals surface area contributed by atoms with Gasteiger partial charge in [-0.25, -0.2) is 4.68 Å². The predicted octanol–water partition coefficient (Wildman–Crippen LogP) is 2.51. The van der Waals surface area contributed by atoms with Crippen molar-refractivity contribution in [2.75, 3.05) is 10.6 Å². The second kappa shape index (κ2) is 6.57. The minimum absolute atomic E-state index is 0.262. The van der Waals surface area contributed by atoms with Gasteiger partial charge >= 0.3 is 0 Å². The van der Waals surface area contributed by atoms with Gasteiger partial charge in [0.2, 0.25) is 11.9 Å². The fourth-order valence-electron chi connectivity index (χ4n) is 3.00. The van der Waals surface area contributed by atoms with Gasteiger partial charge in [0.05, 0.1) is 11.9 Å². The summed E-state index contributed by atoms with van der Waals surface area (Å²) in [5, 5.41) is 18.0. The molecule has 0 saturated heterocycles. The van der Waals surface area contributed by atoms with Crippen LogP contribution in [0.4, 0.5) is 11.6 Å². The van der Waals surface area contributed by atoms with Gasteiger partial charge in [-0.1, -0.05) is 41.5 Å². The summed E-state index contributed by atoms with van der Waals surface area (Å²) in [6.07, 6.45) is 3.21. The van der Waals surface area contributed by atoms with Gasteiger partial charge in [-0.15, -0.1) is 0 Å². The lowest BCUT2D eigenvalue weighted by Crippen LogP contribution is -2.39. The first-order valence-corrected chi connectivity index (χ1v) is 8.22. The van der Waals surface area contributed by atoms with Crippen LogP contribution in [0.25, 0.3) is 0 Å². The number of nitrogens with one attached hydrogen (secondary N) is 2. The Hall–Kier alpha value is -3.26. The number of anilines is 2. The number of hydrogen-bond donors (Lipinski definition) is 2. The fourth-order valence-corrected chi connectivity index (χ4v) is 3.25. The summed E-state index contributed by atoms with van der Waals surface area (Å²) in [5.41, 5.74) is 1.81. The Labute approximate surface area is 153 Å². The highest BCUT2D eigenvalue weighted by Gasteiger charge is 2.40. The SMILES string of the molecule is C=C1Nc2nnnn2C(c2ccccc2Cl)C1C(=O)Nc1cccnc1. The highest BCUT2D eigenvalue weighted by molar-refractivity contribution is 6.31. The molecule has 9 heteroatoms. The molecule has 8 nitrogen and oxygen atoms in total. The molecule has 130 valence electrons. The molecular weight excluding hydrogens is 354 g/mol. The zero-order valence-corrected chi connectivity index (χ0v) is 14.3. The number of tetrazole rings is 1. The van der Waals surface area contributed by atoms with Gasteiger partial charge in [-0.2, -0.15) is 0 Å². The maximum Gasteiger partial charge on any atom is 0.247 e. The molecule has 3 aromatic rings. The van der Waals surface area contributed by atoms with E-state index in [1.54, 1.807) is 35.3 Å². The van der Waals surface area contributed by atoms with E-state index in [0.29, 0.717) is 22.4 Å². The number of rotatable bonds is 3. The van der Waals surface area contributed by atoms with Gasteiger partial charge in [-0.05, 0) is 34.2 Å². The lowest BCUT2D eigenvalue weighted by atomic mass is 9.88. The van der Waals surface area contributed by atoms with Crippen molar-refractivity contribution in [3.8, 4) is 0 Å². The van der Waals surface area contributed by atoms with Gasteiger partial charge in [0.15, 0.2) is 0 Å². The molecule has 4 rings (SSSR count). The van der Waals surface area contributed by atoms with E-state index in [1.807, 2.05) is 18.2 Å². The normalized spacial score (nSPS) is 18.7. The molecule has 2 unspecified atom stereocenters. The first-order chi connectivity index (χ1) is 12.6. The Kier molecular flexibility index (Phi) is 4.10. The molecule has 2 aromatic heterocycles. The summed E-state index contributed by atoms with van der Waals surface area (Å²) in [5.74, 6) is -0.530. The molecule has 1 aromatic carbocycles. The zero-order valence-electron chi connectivity index (χ0n) is 13.5. The molecule has 1 aliphatic heterocycles. The summed E-state index contributed by atoms with van der Waals surface area (Å²) < 4.78 is 1.55. The Balaban J connectivity index is 1.77. The molecule has 26 heavy (non-hydrogen) atoms. The first-order valence-electron chi connectivity index (χ1n) is 7.84. The summed E-state index contributed by atoms with van der Waals surface area (Å²) >= 11 is 6.40. The number of halogens is 1. The van der Waals surface area contributed by atoms with Crippen molar-refractivity contribution in [2.24, 2.45) is 5.92 Å². The second-order valence-corrected chi connectivity index (χ2v) is 6.18. The molecule has 1 aliphatic rings. The third kappa shape index (κ3) is 2.80. The molecular formula is C17H14ClN7O. The number of benzene rings is 1. The Morgan fingerprint density at radius 3 is 2.88 bits per heavy atom. The van der Waals surface area contributed by atoms with Crippen LogP contribution in [-0.2, 0) is 4.79 Å². The van der Waals surface area contributed by atoms with Gasteiger partial charge in [0.25, 0.3) is 0 Å². The number of amides is 1. The second-order valence-electron chi connectivity index (χ2n) is 5.77. The number of aromatic nitrogens is 5. The van der Waals surface area contributed by atoms with Crippen LogP contribution in [0.5, 0.6) is 0 Å². The fraction of sp³-hybridized carbons (Fsp3) is 0.118. The summed E-state index contributed by atoms with van der Waals surface area (Å²) in [6.45, 7) is 4.00. The van der Waals surface area contributed by atoms with E-state index < -0.39 is 12.0 Å². The van der Waals surface area contributed by atoms with E-state index in [0.717, 1.165) is 5.56 Å². The Morgan fingerprint density at radius 2 is 2.12 bits per heavy atom. The number of hydrogen-bond acceptors (Lipinski definition) is 6. The van der Waals surface area contributed by atoms with E-state index in [4.69, 9.17) is 11.6 Å². The van der Waals surface area contributed by atoms with Crippen LogP contribution in [0.3, 0.4) is 0 Å². The number of nitrogens with zero attached hydrogens (tertiary/aromatic N) is 5. The molecule has 0 radical (unpaired) electrons. The van der Waals surface area contributed by atoms with Crippen molar-refractivity contribution in [1.82, 2.24) is 25.2 Å².